The number of carbonyl (C=O) groups is 3. The van der Waals surface area contributed by atoms with Crippen LogP contribution in [-0.4, -0.2) is 78.9 Å². The summed E-state index contributed by atoms with van der Waals surface area (Å²) in [6, 6.07) is 6.66. The first-order valence-corrected chi connectivity index (χ1v) is 10.9. The van der Waals surface area contributed by atoms with Gasteiger partial charge in [-0.25, -0.2) is 4.79 Å². The zero-order valence-corrected chi connectivity index (χ0v) is 18.9. The number of rotatable bonds is 9. The van der Waals surface area contributed by atoms with Crippen LogP contribution in [0.4, 0.5) is 0 Å². The summed E-state index contributed by atoms with van der Waals surface area (Å²) < 4.78 is 5.01. The van der Waals surface area contributed by atoms with Gasteiger partial charge in [-0.05, 0) is 31.9 Å². The van der Waals surface area contributed by atoms with Gasteiger partial charge in [0, 0.05) is 57.1 Å². The topological polar surface area (TPSA) is 70.2 Å². The van der Waals surface area contributed by atoms with E-state index in [1.54, 1.807) is 15.9 Å². The monoisotopic (exact) mass is 437 g/mol. The Morgan fingerprint density at radius 2 is 1.70 bits per heavy atom. The number of hydrogen-bond acceptors (Lipinski definition) is 5. The van der Waals surface area contributed by atoms with Gasteiger partial charge in [-0.1, -0.05) is 29.8 Å². The fourth-order valence-electron chi connectivity index (χ4n) is 3.79. The van der Waals surface area contributed by atoms with Crippen molar-refractivity contribution in [1.82, 2.24) is 14.7 Å². The maximum Gasteiger partial charge on any atom is 0.327 e. The Morgan fingerprint density at radius 1 is 1.07 bits per heavy atom. The third-order valence-corrected chi connectivity index (χ3v) is 5.90. The summed E-state index contributed by atoms with van der Waals surface area (Å²) in [5.41, 5.74) is 0.709. The summed E-state index contributed by atoms with van der Waals surface area (Å²) in [5, 5.41) is 0.518. The van der Waals surface area contributed by atoms with Crippen LogP contribution in [0.15, 0.2) is 24.3 Å². The summed E-state index contributed by atoms with van der Waals surface area (Å²) in [7, 11) is 1.37. The molecule has 2 rings (SSSR count). The summed E-state index contributed by atoms with van der Waals surface area (Å²) in [6.07, 6.45) is 1.31. The molecule has 1 aliphatic rings. The molecule has 0 N–H and O–H groups in total. The molecular formula is C22H32ClN3O4. The molecule has 0 radical (unpaired) electrons. The van der Waals surface area contributed by atoms with Crippen LogP contribution in [0.5, 0.6) is 0 Å². The highest BCUT2D eigenvalue weighted by molar-refractivity contribution is 6.31. The lowest BCUT2D eigenvalue weighted by molar-refractivity contribution is -0.148. The molecule has 0 bridgehead atoms. The van der Waals surface area contributed by atoms with Gasteiger partial charge in [0.1, 0.15) is 6.04 Å². The van der Waals surface area contributed by atoms with Crippen LogP contribution >= 0.6 is 11.6 Å². The van der Waals surface area contributed by atoms with E-state index in [1.165, 1.54) is 7.11 Å². The third kappa shape index (κ3) is 6.19. The Balaban J connectivity index is 1.89. The molecule has 8 heteroatoms. The molecule has 0 saturated carbocycles. The minimum absolute atomic E-state index is 0.0503. The van der Waals surface area contributed by atoms with E-state index in [2.05, 4.69) is 0 Å². The number of ether oxygens (including phenoxy) is 1. The average Bonchev–Trinajstić information content (AvgIpc) is 2.76. The summed E-state index contributed by atoms with van der Waals surface area (Å²) in [6.45, 7) is 7.45. The lowest BCUT2D eigenvalue weighted by atomic mass is 10.0. The number of piperazine rings is 1. The van der Waals surface area contributed by atoms with Crippen molar-refractivity contribution in [3.05, 3.63) is 34.9 Å². The van der Waals surface area contributed by atoms with E-state index in [-0.39, 0.29) is 17.8 Å². The van der Waals surface area contributed by atoms with E-state index in [4.69, 9.17) is 16.3 Å². The van der Waals surface area contributed by atoms with E-state index in [1.807, 2.05) is 36.9 Å². The Hall–Kier alpha value is -2.12. The predicted molar refractivity (Wildman–Crippen MR) is 116 cm³/mol. The first-order chi connectivity index (χ1) is 14.4. The van der Waals surface area contributed by atoms with E-state index >= 15 is 0 Å². The Bertz CT molecular complexity index is 731. The molecule has 1 atom stereocenters. The molecule has 30 heavy (non-hydrogen) atoms. The lowest BCUT2D eigenvalue weighted by Gasteiger charge is -2.38. The number of carbonyl (C=O) groups excluding carboxylic acids is 3. The highest BCUT2D eigenvalue weighted by Gasteiger charge is 2.33. The predicted octanol–water partition coefficient (Wildman–Crippen LogP) is 2.74. The van der Waals surface area contributed by atoms with Crippen LogP contribution in [0.2, 0.25) is 5.02 Å². The van der Waals surface area contributed by atoms with Crippen LogP contribution in [0.25, 0.3) is 0 Å². The van der Waals surface area contributed by atoms with Crippen LogP contribution in [0.1, 0.15) is 44.7 Å². The molecule has 2 amide bonds. The van der Waals surface area contributed by atoms with Crippen LogP contribution in [0, 0.1) is 0 Å². The average molecular weight is 438 g/mol. The molecule has 0 spiro atoms. The van der Waals surface area contributed by atoms with Gasteiger partial charge in [0.05, 0.1) is 7.11 Å². The first kappa shape index (κ1) is 24.2. The van der Waals surface area contributed by atoms with Gasteiger partial charge in [-0.3, -0.25) is 14.5 Å². The smallest absolute Gasteiger partial charge is 0.327 e. The van der Waals surface area contributed by atoms with Gasteiger partial charge in [-0.2, -0.15) is 0 Å². The molecule has 1 unspecified atom stereocenters. The zero-order valence-electron chi connectivity index (χ0n) is 18.1. The van der Waals surface area contributed by atoms with Crippen molar-refractivity contribution in [2.24, 2.45) is 0 Å². The molecule has 166 valence electrons. The van der Waals surface area contributed by atoms with Crippen LogP contribution in [-0.2, 0) is 19.1 Å². The highest BCUT2D eigenvalue weighted by Crippen LogP contribution is 2.29. The van der Waals surface area contributed by atoms with Gasteiger partial charge in [-0.15, -0.1) is 0 Å². The van der Waals surface area contributed by atoms with Gasteiger partial charge in [0.25, 0.3) is 0 Å². The van der Waals surface area contributed by atoms with Crippen molar-refractivity contribution in [3.8, 4) is 0 Å². The van der Waals surface area contributed by atoms with E-state index in [0.29, 0.717) is 69.1 Å². The SMILES string of the molecule is CCN(CC)C(=O)CCCC(=O)N1CCN(C(C(=O)OC)c2ccccc2Cl)CC1. The Labute approximate surface area is 183 Å². The fourth-order valence-corrected chi connectivity index (χ4v) is 4.03. The largest absolute Gasteiger partial charge is 0.468 e. The lowest BCUT2D eigenvalue weighted by Crippen LogP contribution is -2.51. The molecule has 1 aromatic rings. The zero-order chi connectivity index (χ0) is 22.1. The van der Waals surface area contributed by atoms with Crippen LogP contribution < -0.4 is 0 Å². The molecular weight excluding hydrogens is 406 g/mol. The molecule has 0 aliphatic carbocycles. The highest BCUT2D eigenvalue weighted by atomic mass is 35.5. The number of methoxy groups -OCH3 is 1. The fraction of sp³-hybridized carbons (Fsp3) is 0.591. The number of benzene rings is 1. The maximum absolute atomic E-state index is 12.5. The quantitative estimate of drug-likeness (QED) is 0.555. The number of hydrogen-bond donors (Lipinski definition) is 0. The Kier molecular flexibility index (Phi) is 9.59. The minimum Gasteiger partial charge on any atom is -0.468 e. The van der Waals surface area contributed by atoms with Crippen molar-refractivity contribution in [3.63, 3.8) is 0 Å². The van der Waals surface area contributed by atoms with E-state index < -0.39 is 6.04 Å². The van der Waals surface area contributed by atoms with Gasteiger partial charge in [0.15, 0.2) is 0 Å². The molecule has 1 saturated heterocycles. The minimum atomic E-state index is -0.590. The van der Waals surface area contributed by atoms with Crippen molar-refractivity contribution in [1.29, 1.82) is 0 Å². The third-order valence-electron chi connectivity index (χ3n) is 5.55. The van der Waals surface area contributed by atoms with Gasteiger partial charge in [0.2, 0.25) is 11.8 Å². The van der Waals surface area contributed by atoms with Crippen molar-refractivity contribution in [2.45, 2.75) is 39.2 Å². The van der Waals surface area contributed by atoms with E-state index in [9.17, 15) is 14.4 Å². The normalized spacial score (nSPS) is 15.5. The molecule has 1 aromatic carbocycles. The standard InChI is InChI=1S/C22H32ClN3O4/c1-4-24(5-2)19(27)11-8-12-20(28)25-13-15-26(16-14-25)21(22(29)30-3)17-9-6-7-10-18(17)23/h6-7,9-10,21H,4-5,8,11-16H2,1-3H3. The number of esters is 1. The molecule has 1 heterocycles. The van der Waals surface area contributed by atoms with Crippen LogP contribution in [0.3, 0.4) is 0 Å². The number of halogens is 1. The molecule has 0 aromatic heterocycles. The maximum atomic E-state index is 12.5. The first-order valence-electron chi connectivity index (χ1n) is 10.5. The van der Waals surface area contributed by atoms with E-state index in [0.717, 1.165) is 0 Å². The number of amides is 2. The summed E-state index contributed by atoms with van der Waals surface area (Å²) >= 11 is 6.31. The van der Waals surface area contributed by atoms with Crippen molar-refractivity contribution >= 4 is 29.4 Å². The molecule has 7 nitrogen and oxygen atoms in total. The molecule has 1 fully saturated rings. The summed E-state index contributed by atoms with van der Waals surface area (Å²) in [4.78, 5) is 42.7. The number of nitrogens with zero attached hydrogens (tertiary/aromatic N) is 3. The second-order valence-electron chi connectivity index (χ2n) is 7.28. The Morgan fingerprint density at radius 3 is 2.27 bits per heavy atom. The second-order valence-corrected chi connectivity index (χ2v) is 7.69. The van der Waals surface area contributed by atoms with Gasteiger partial charge < -0.3 is 14.5 Å². The van der Waals surface area contributed by atoms with Crippen molar-refractivity contribution in [2.75, 3.05) is 46.4 Å². The second kappa shape index (κ2) is 11.9. The van der Waals surface area contributed by atoms with Gasteiger partial charge >= 0.3 is 5.97 Å². The molecule has 1 aliphatic heterocycles. The summed E-state index contributed by atoms with van der Waals surface area (Å²) in [5.74, 6) is -0.217. The van der Waals surface area contributed by atoms with Crippen molar-refractivity contribution < 1.29 is 19.1 Å².